The van der Waals surface area contributed by atoms with Gasteiger partial charge in [-0.05, 0) is 56.7 Å². The predicted molar refractivity (Wildman–Crippen MR) is 122 cm³/mol. The molecule has 2 heterocycles. The van der Waals surface area contributed by atoms with Crippen molar-refractivity contribution in [1.29, 1.82) is 0 Å². The van der Waals surface area contributed by atoms with E-state index in [4.69, 9.17) is 4.74 Å². The molecular weight excluding hydrogens is 428 g/mol. The third-order valence-corrected chi connectivity index (χ3v) is 6.18. The van der Waals surface area contributed by atoms with Crippen LogP contribution in [0, 0.1) is 0 Å². The Bertz CT molecular complexity index is 1400. The van der Waals surface area contributed by atoms with E-state index in [1.165, 1.54) is 10.9 Å². The van der Waals surface area contributed by atoms with E-state index in [2.05, 4.69) is 10.2 Å². The summed E-state index contributed by atoms with van der Waals surface area (Å²) in [4.78, 5) is 12.9. The maximum Gasteiger partial charge on any atom is 0.435 e. The van der Waals surface area contributed by atoms with E-state index in [0.717, 1.165) is 28.0 Å². The standard InChI is InChI=1S/C23H24N4O4S/c1-5-20-19-11-6-16(14-22(19)27(25-20)23(28)31-15(2)3)21-12-13-24-26(21)17-7-9-18(10-8-17)32(4,29)30/h6-15H,5H2,1-4H3. The van der Waals surface area contributed by atoms with Crippen LogP contribution in [0.4, 0.5) is 4.79 Å². The number of hydrogen-bond acceptors (Lipinski definition) is 6. The van der Waals surface area contributed by atoms with Crippen LogP contribution in [0.3, 0.4) is 0 Å². The van der Waals surface area contributed by atoms with E-state index in [-0.39, 0.29) is 11.0 Å². The zero-order chi connectivity index (χ0) is 23.0. The molecule has 0 bridgehead atoms. The molecule has 0 saturated heterocycles. The van der Waals surface area contributed by atoms with Crippen LogP contribution >= 0.6 is 0 Å². The van der Waals surface area contributed by atoms with Crippen molar-refractivity contribution in [3.63, 3.8) is 0 Å². The Labute approximate surface area is 186 Å². The van der Waals surface area contributed by atoms with Crippen LogP contribution in [-0.2, 0) is 21.0 Å². The van der Waals surface area contributed by atoms with E-state index in [9.17, 15) is 13.2 Å². The lowest BCUT2D eigenvalue weighted by atomic mass is 10.1. The van der Waals surface area contributed by atoms with Crippen LogP contribution < -0.4 is 0 Å². The molecule has 0 amide bonds. The summed E-state index contributed by atoms with van der Waals surface area (Å²) in [5.41, 5.74) is 3.83. The lowest BCUT2D eigenvalue weighted by molar-refractivity contribution is 0.115. The topological polar surface area (TPSA) is 96.1 Å². The third-order valence-electron chi connectivity index (χ3n) is 5.05. The van der Waals surface area contributed by atoms with Crippen LogP contribution in [0.2, 0.25) is 0 Å². The number of ether oxygens (including phenoxy) is 1. The quantitative estimate of drug-likeness (QED) is 0.449. The highest BCUT2D eigenvalue weighted by molar-refractivity contribution is 7.90. The molecule has 0 aliphatic carbocycles. The molecule has 166 valence electrons. The van der Waals surface area contributed by atoms with E-state index >= 15 is 0 Å². The first-order valence-electron chi connectivity index (χ1n) is 10.3. The molecule has 0 aliphatic heterocycles. The van der Waals surface area contributed by atoms with Crippen LogP contribution in [0.5, 0.6) is 0 Å². The van der Waals surface area contributed by atoms with Gasteiger partial charge < -0.3 is 4.74 Å². The van der Waals surface area contributed by atoms with Gasteiger partial charge in [-0.3, -0.25) is 0 Å². The van der Waals surface area contributed by atoms with Gasteiger partial charge >= 0.3 is 6.09 Å². The number of aromatic nitrogens is 4. The highest BCUT2D eigenvalue weighted by Crippen LogP contribution is 2.28. The number of carbonyl (C=O) groups excluding carboxylic acids is 1. The van der Waals surface area contributed by atoms with Crippen molar-refractivity contribution in [1.82, 2.24) is 19.6 Å². The molecule has 0 radical (unpaired) electrons. The van der Waals surface area contributed by atoms with Crippen molar-refractivity contribution in [2.75, 3.05) is 6.26 Å². The third kappa shape index (κ3) is 4.03. The van der Waals surface area contributed by atoms with Gasteiger partial charge in [-0.25, -0.2) is 17.9 Å². The summed E-state index contributed by atoms with van der Waals surface area (Å²) in [5, 5.41) is 9.75. The molecular formula is C23H24N4O4S. The number of sulfone groups is 1. The number of fused-ring (bicyclic) bond motifs is 1. The largest absolute Gasteiger partial charge is 0.445 e. The Balaban J connectivity index is 1.80. The van der Waals surface area contributed by atoms with Gasteiger partial charge in [0, 0.05) is 17.2 Å². The summed E-state index contributed by atoms with van der Waals surface area (Å²) in [7, 11) is -3.28. The molecule has 4 rings (SSSR count). The van der Waals surface area contributed by atoms with Crippen molar-refractivity contribution in [3.05, 3.63) is 60.4 Å². The van der Waals surface area contributed by atoms with Crippen molar-refractivity contribution in [2.24, 2.45) is 0 Å². The summed E-state index contributed by atoms with van der Waals surface area (Å²) in [6.45, 7) is 5.58. The SMILES string of the molecule is CCc1nn(C(=O)OC(C)C)c2cc(-c3ccnn3-c3ccc(S(C)(=O)=O)cc3)ccc12. The molecule has 0 spiro atoms. The van der Waals surface area contributed by atoms with Crippen LogP contribution in [-0.4, -0.2) is 46.4 Å². The van der Waals surface area contributed by atoms with Crippen molar-refractivity contribution < 1.29 is 17.9 Å². The number of benzene rings is 2. The molecule has 0 N–H and O–H groups in total. The second kappa shape index (κ2) is 8.23. The van der Waals surface area contributed by atoms with Gasteiger partial charge in [0.15, 0.2) is 9.84 Å². The fraction of sp³-hybridized carbons (Fsp3) is 0.261. The Morgan fingerprint density at radius 3 is 2.44 bits per heavy atom. The summed E-state index contributed by atoms with van der Waals surface area (Å²) in [5.74, 6) is 0. The molecule has 2 aromatic carbocycles. The first-order valence-corrected chi connectivity index (χ1v) is 12.2. The highest BCUT2D eigenvalue weighted by Gasteiger charge is 2.19. The van der Waals surface area contributed by atoms with Gasteiger partial charge in [-0.2, -0.15) is 14.9 Å². The number of aryl methyl sites for hydroxylation is 1. The van der Waals surface area contributed by atoms with E-state index in [1.807, 2.05) is 31.2 Å². The minimum atomic E-state index is -3.28. The van der Waals surface area contributed by atoms with E-state index in [1.54, 1.807) is 49.0 Å². The fourth-order valence-electron chi connectivity index (χ4n) is 3.55. The molecule has 9 heteroatoms. The molecule has 0 atom stereocenters. The Kier molecular flexibility index (Phi) is 5.60. The average molecular weight is 453 g/mol. The summed E-state index contributed by atoms with van der Waals surface area (Å²) in [6, 6.07) is 14.2. The van der Waals surface area contributed by atoms with Crippen LogP contribution in [0.15, 0.2) is 59.6 Å². The van der Waals surface area contributed by atoms with Gasteiger partial charge in [0.2, 0.25) is 0 Å². The van der Waals surface area contributed by atoms with Crippen LogP contribution in [0.25, 0.3) is 27.8 Å². The molecule has 4 aromatic rings. The van der Waals surface area contributed by atoms with Crippen LogP contribution in [0.1, 0.15) is 26.5 Å². The summed E-state index contributed by atoms with van der Waals surface area (Å²) >= 11 is 0. The minimum Gasteiger partial charge on any atom is -0.445 e. The second-order valence-corrected chi connectivity index (χ2v) is 9.79. The molecule has 32 heavy (non-hydrogen) atoms. The first kappa shape index (κ1) is 21.8. The molecule has 0 fully saturated rings. The van der Waals surface area contributed by atoms with E-state index < -0.39 is 15.9 Å². The Morgan fingerprint density at radius 1 is 1.09 bits per heavy atom. The number of rotatable bonds is 5. The first-order chi connectivity index (χ1) is 15.2. The average Bonchev–Trinajstić information content (AvgIpc) is 3.37. The lowest BCUT2D eigenvalue weighted by Gasteiger charge is -2.10. The van der Waals surface area contributed by atoms with Gasteiger partial charge in [0.1, 0.15) is 0 Å². The van der Waals surface area contributed by atoms with Gasteiger partial charge in [0.25, 0.3) is 0 Å². The Hall–Kier alpha value is -3.46. The normalized spacial score (nSPS) is 11.9. The Morgan fingerprint density at radius 2 is 1.81 bits per heavy atom. The molecule has 8 nitrogen and oxygen atoms in total. The number of carbonyl (C=O) groups is 1. The van der Waals surface area contributed by atoms with E-state index in [0.29, 0.717) is 11.9 Å². The summed E-state index contributed by atoms with van der Waals surface area (Å²) < 4.78 is 31.9. The lowest BCUT2D eigenvalue weighted by Crippen LogP contribution is -2.19. The fourth-order valence-corrected chi connectivity index (χ4v) is 4.18. The molecule has 0 aliphatic rings. The van der Waals surface area contributed by atoms with Crippen molar-refractivity contribution in [2.45, 2.75) is 38.2 Å². The minimum absolute atomic E-state index is 0.246. The molecule has 2 aromatic heterocycles. The highest BCUT2D eigenvalue weighted by atomic mass is 32.2. The zero-order valence-electron chi connectivity index (χ0n) is 18.3. The molecule has 0 unspecified atom stereocenters. The number of nitrogens with zero attached hydrogens (tertiary/aromatic N) is 4. The number of hydrogen-bond donors (Lipinski definition) is 0. The maximum atomic E-state index is 12.6. The maximum absolute atomic E-state index is 12.6. The zero-order valence-corrected chi connectivity index (χ0v) is 19.1. The second-order valence-electron chi connectivity index (χ2n) is 7.77. The molecule has 0 saturated carbocycles. The monoisotopic (exact) mass is 452 g/mol. The van der Waals surface area contributed by atoms with Crippen molar-refractivity contribution >= 4 is 26.8 Å². The van der Waals surface area contributed by atoms with Gasteiger partial charge in [-0.1, -0.05) is 19.1 Å². The van der Waals surface area contributed by atoms with Crippen molar-refractivity contribution in [3.8, 4) is 16.9 Å². The smallest absolute Gasteiger partial charge is 0.435 e. The predicted octanol–water partition coefficient (Wildman–Crippen LogP) is 4.25. The van der Waals surface area contributed by atoms with Gasteiger partial charge in [-0.15, -0.1) is 0 Å². The van der Waals surface area contributed by atoms with Gasteiger partial charge in [0.05, 0.1) is 39.8 Å². The summed E-state index contributed by atoms with van der Waals surface area (Å²) in [6.07, 6.45) is 2.75.